The van der Waals surface area contributed by atoms with Gasteiger partial charge in [0.1, 0.15) is 37.1 Å². The van der Waals surface area contributed by atoms with Crippen LogP contribution < -0.4 is 30.5 Å². The molecule has 3 unspecified atom stereocenters. The van der Waals surface area contributed by atoms with E-state index in [4.69, 9.17) is 47.4 Å². The third-order valence-corrected chi connectivity index (χ3v) is 25.6. The van der Waals surface area contributed by atoms with Crippen LogP contribution in [0.2, 0.25) is 0 Å². The predicted molar refractivity (Wildman–Crippen MR) is 505 cm³/mol. The van der Waals surface area contributed by atoms with Gasteiger partial charge < -0.3 is 47.4 Å². The number of halogens is 18. The Labute approximate surface area is 768 Å². The molecule has 724 valence electrons. The van der Waals surface area contributed by atoms with Gasteiger partial charge in [-0.3, -0.25) is 14.4 Å². The van der Waals surface area contributed by atoms with Crippen LogP contribution in [0.1, 0.15) is 43.1 Å². The Balaban J connectivity index is 0.000000805. The summed E-state index contributed by atoms with van der Waals surface area (Å²) >= 11 is 0. The SMILES string of the molecule is C.C.C.C.CCC(OCCOC(=O)COc1ccc2c(c1)c(=O)c1ccccc1[s+]2-c1ccc(-c2ccccc2)cc1)(OCCOC(=O)COc1ccc2c(c1)c(=O)c1ccccc1[s+]2-c1ccc(-c2ccccc2)cc1)OCOCCOC(=O)COc1ccc2c(c1)c(=O)c1ccccc1[s+]2-c1ccc(-c2ccccc2)cc1.F[P-](F)(F)(F)(F)F.F[P-](F)(F)(F)(F)F.F[P-](F)(F)(F)(F)F. The van der Waals surface area contributed by atoms with E-state index in [1.54, 1.807) is 43.3 Å². The summed E-state index contributed by atoms with van der Waals surface area (Å²) in [5, 5.41) is 3.25. The summed E-state index contributed by atoms with van der Waals surface area (Å²) in [6, 6.07) is 94.4. The van der Waals surface area contributed by atoms with Gasteiger partial charge in [0, 0.05) is 56.0 Å². The molecule has 15 rings (SSSR count). The van der Waals surface area contributed by atoms with Crippen molar-refractivity contribution in [1.29, 1.82) is 0 Å². The van der Waals surface area contributed by atoms with E-state index in [0.29, 0.717) is 49.6 Å². The Morgan fingerprint density at radius 1 is 0.274 bits per heavy atom. The molecule has 0 aliphatic carbocycles. The first kappa shape index (κ1) is 108. The van der Waals surface area contributed by atoms with Gasteiger partial charge in [-0.05, 0) is 179 Å². The molecule has 0 fully saturated rings. The van der Waals surface area contributed by atoms with E-state index in [-0.39, 0.29) is 92.1 Å². The monoisotopic (exact) mass is 2020 g/mol. The number of carbonyl (C=O) groups is 3. The maximum atomic E-state index is 14.1. The second-order valence-electron chi connectivity index (χ2n) is 28.3. The van der Waals surface area contributed by atoms with Crippen molar-refractivity contribution in [2.75, 3.05) is 66.3 Å². The topological polar surface area (TPSA) is 195 Å². The maximum absolute atomic E-state index is 14.1. The van der Waals surface area contributed by atoms with Crippen LogP contribution >= 0.6 is 54.8 Å². The summed E-state index contributed by atoms with van der Waals surface area (Å²) in [4.78, 5) is 85.1. The molecule has 0 aliphatic heterocycles. The van der Waals surface area contributed by atoms with Crippen LogP contribution in [0.15, 0.2) is 306 Å². The zero-order chi connectivity index (χ0) is 94.6. The quantitative estimate of drug-likeness (QED) is 0.00602. The van der Waals surface area contributed by atoms with Gasteiger partial charge in [-0.1, -0.05) is 164 Å². The molecule has 0 saturated carbocycles. The Morgan fingerprint density at radius 3 is 0.763 bits per heavy atom. The van der Waals surface area contributed by atoms with Gasteiger partial charge in [0.05, 0.1) is 52.1 Å². The second-order valence-corrected chi connectivity index (χ2v) is 40.0. The minimum atomic E-state index is -10.7. The number of esters is 3. The summed E-state index contributed by atoms with van der Waals surface area (Å²) < 4.78 is 241. The normalized spacial score (nSPS) is 13.8. The predicted octanol–water partition coefficient (Wildman–Crippen LogP) is 31.8. The van der Waals surface area contributed by atoms with Crippen LogP contribution in [0.4, 0.5) is 75.5 Å². The van der Waals surface area contributed by atoms with Crippen LogP contribution in [0.5, 0.6) is 17.2 Å². The summed E-state index contributed by atoms with van der Waals surface area (Å²) in [5.74, 6) is -3.03. The molecule has 12 aromatic carbocycles. The first-order valence-electron chi connectivity index (χ1n) is 38.9. The zero-order valence-corrected chi connectivity index (χ0v) is 73.0. The first-order chi connectivity index (χ1) is 61.3. The Hall–Kier alpha value is -12.0. The van der Waals surface area contributed by atoms with E-state index >= 15 is 0 Å². The Kier molecular flexibility index (Phi) is 33.4. The van der Waals surface area contributed by atoms with Crippen LogP contribution in [0.25, 0.3) is 109 Å². The molecule has 3 heterocycles. The minimum absolute atomic E-state index is 0. The molecule has 0 spiro atoms. The molecule has 0 bridgehead atoms. The number of rotatable bonds is 30. The van der Waals surface area contributed by atoms with E-state index in [2.05, 4.69) is 109 Å². The number of carbonyl (C=O) groups excluding carboxylic acids is 3. The number of fused-ring (bicyclic) bond motifs is 6. The Morgan fingerprint density at radius 2 is 0.504 bits per heavy atom. The van der Waals surface area contributed by atoms with Crippen molar-refractivity contribution in [2.45, 2.75) is 49.0 Å². The van der Waals surface area contributed by atoms with Crippen molar-refractivity contribution in [2.24, 2.45) is 0 Å². The molecule has 0 saturated heterocycles. The molecule has 0 amide bonds. The Bertz CT molecular complexity index is 6560. The number of hydrogen-bond donors (Lipinski definition) is 0. The average molecular weight is 2020 g/mol. The van der Waals surface area contributed by atoms with Gasteiger partial charge in [-0.25, -0.2) is 14.4 Å². The zero-order valence-electron chi connectivity index (χ0n) is 67.9. The van der Waals surface area contributed by atoms with E-state index in [1.165, 1.54) is 0 Å². The summed E-state index contributed by atoms with van der Waals surface area (Å²) in [6.45, 7) is -1.43. The van der Waals surface area contributed by atoms with Crippen molar-refractivity contribution in [3.8, 4) is 65.3 Å². The standard InChI is InChI=1S/C91H73O16S3.4CH4.3F6P/c1-2-91(105-52-50-100-86(93)58-103-68-37-46-83-77(55-68)89(96)74-25-13-16-28-80(74)109(83)71-41-32-65(33-42-71)62-20-8-4-9-21-62,106-53-51-101-87(94)59-104-69-38-47-84-78(56-69)90(97)75-26-14-17-29-81(75)110(84)72-43-34-66(35-44-72)63-22-10-5-11-23-63)107-60-98-48-49-99-85(92)57-102-67-36-45-82-76(54-67)88(95)73-24-12-15-27-79(73)108(82)70-39-30-64(31-40-70)61-18-6-3-7-19-61;;;;;3*1-7(2,3,4,5)6/h3-47,54-56H,2,48-53,57-60H2,1H3;4*1H4;;;/q+3;;;;;3*-1. The van der Waals surface area contributed by atoms with E-state index in [0.717, 1.165) is 76.3 Å². The van der Waals surface area contributed by atoms with Gasteiger partial charge in [-0.15, -0.1) is 0 Å². The van der Waals surface area contributed by atoms with Gasteiger partial charge in [-0.2, -0.15) is 0 Å². The second kappa shape index (κ2) is 41.7. The first-order valence-corrected chi connectivity index (χ1v) is 48.6. The number of benzene rings is 12. The third kappa shape index (κ3) is 33.2. The van der Waals surface area contributed by atoms with Crippen molar-refractivity contribution in [1.82, 2.24) is 0 Å². The summed E-state index contributed by atoms with van der Waals surface area (Å²) in [6.07, 6.45) is 0.0600. The third-order valence-electron chi connectivity index (χ3n) is 18.6. The van der Waals surface area contributed by atoms with Crippen molar-refractivity contribution in [3.05, 3.63) is 322 Å². The van der Waals surface area contributed by atoms with Crippen molar-refractivity contribution < 1.29 is 137 Å². The van der Waals surface area contributed by atoms with Gasteiger partial charge in [0.2, 0.25) is 16.3 Å². The molecular weight excluding hydrogens is 1930 g/mol. The van der Waals surface area contributed by atoms with E-state index in [9.17, 15) is 104 Å². The number of hydrogen-bond acceptors (Lipinski definition) is 16. The van der Waals surface area contributed by atoms with Crippen molar-refractivity contribution in [3.63, 3.8) is 0 Å². The molecule has 15 aromatic rings. The molecule has 3 aromatic heterocycles. The van der Waals surface area contributed by atoms with E-state index in [1.807, 2.05) is 146 Å². The molecule has 135 heavy (non-hydrogen) atoms. The fraction of sp³-hybridized carbons (Fsp3) is 0.179. The van der Waals surface area contributed by atoms with Crippen LogP contribution in [-0.2, 0) is 47.5 Å². The van der Waals surface area contributed by atoms with Crippen LogP contribution in [0.3, 0.4) is 0 Å². The molecular formula is C95H89F18O16P3S3. The van der Waals surface area contributed by atoms with Gasteiger partial charge in [0.25, 0.3) is 5.97 Å². The summed E-state index contributed by atoms with van der Waals surface area (Å²) in [7, 11) is -33.8. The molecule has 3 atom stereocenters. The molecule has 16 nitrogen and oxygen atoms in total. The molecule has 40 heteroatoms. The van der Waals surface area contributed by atoms with E-state index < -0.39 is 105 Å². The fourth-order valence-electron chi connectivity index (χ4n) is 13.2. The van der Waals surface area contributed by atoms with Crippen LogP contribution in [0, 0.1) is 0 Å². The van der Waals surface area contributed by atoms with Gasteiger partial charge >= 0.3 is 117 Å². The van der Waals surface area contributed by atoms with Gasteiger partial charge in [0.15, 0.2) is 69.5 Å². The molecule has 0 aliphatic rings. The molecule has 0 radical (unpaired) electrons. The summed E-state index contributed by atoms with van der Waals surface area (Å²) in [5.41, 5.74) is 6.13. The average Bonchev–Trinajstić information content (AvgIpc) is 0.747. The van der Waals surface area contributed by atoms with Crippen molar-refractivity contribution >= 4 is 133 Å². The molecule has 0 N–H and O–H groups in total. The van der Waals surface area contributed by atoms with Crippen LogP contribution in [-0.4, -0.2) is 90.1 Å². The number of ether oxygens (including phenoxy) is 10. The fourth-order valence-corrected chi connectivity index (χ4v) is 20.2.